The van der Waals surface area contributed by atoms with Gasteiger partial charge in [-0.2, -0.15) is 0 Å². The largest absolute Gasteiger partial charge is 0.457 e. The molecule has 3 rings (SSSR count). The van der Waals surface area contributed by atoms with Gasteiger partial charge in [-0.1, -0.05) is 153 Å². The first-order valence-corrected chi connectivity index (χ1v) is 24.6. The summed E-state index contributed by atoms with van der Waals surface area (Å²) in [6.07, 6.45) is 24.5. The van der Waals surface area contributed by atoms with E-state index in [0.717, 1.165) is 69.1 Å². The maximum atomic E-state index is 13.1. The number of nitrogens with one attached hydrogen (secondary N) is 1. The number of carbonyl (C=O) groups excluding carboxylic acids is 1. The molecule has 4 unspecified atom stereocenters. The van der Waals surface area contributed by atoms with Gasteiger partial charge in [0.2, 0.25) is 5.91 Å². The Morgan fingerprint density at radius 3 is 1.66 bits per heavy atom. The second-order valence-electron chi connectivity index (χ2n) is 17.5. The van der Waals surface area contributed by atoms with Crippen molar-refractivity contribution in [1.29, 1.82) is 0 Å². The Kier molecular flexibility index (Phi) is 29.7. The van der Waals surface area contributed by atoms with Crippen LogP contribution in [0.15, 0.2) is 72.8 Å². The van der Waals surface area contributed by atoms with Crippen molar-refractivity contribution in [2.75, 3.05) is 13.2 Å². The second kappa shape index (κ2) is 34.7. The van der Waals surface area contributed by atoms with E-state index in [1.807, 2.05) is 12.1 Å². The fraction of sp³-hybridized carbons (Fsp3) is 0.642. The minimum absolute atomic E-state index is 0.0608. The van der Waals surface area contributed by atoms with E-state index in [4.69, 9.17) is 18.9 Å². The zero-order chi connectivity index (χ0) is 46.0. The number of hydrogen-bond acceptors (Lipinski definition) is 9. The van der Waals surface area contributed by atoms with E-state index in [1.165, 1.54) is 108 Å². The number of aliphatic hydroxyl groups excluding tert-OH is 4. The summed E-state index contributed by atoms with van der Waals surface area (Å²) in [5, 5.41) is 43.3. The number of aliphatic hydroxyl groups is 4. The van der Waals surface area contributed by atoms with E-state index < -0.39 is 37.4 Å². The van der Waals surface area contributed by atoms with E-state index in [0.29, 0.717) is 24.3 Å². The highest BCUT2D eigenvalue weighted by Crippen LogP contribution is 2.23. The lowest BCUT2D eigenvalue weighted by molar-refractivity contribution is -0.258. The highest BCUT2D eigenvalue weighted by Gasteiger charge is 2.22. The third kappa shape index (κ3) is 25.8. The van der Waals surface area contributed by atoms with Crippen molar-refractivity contribution in [3.8, 4) is 17.2 Å². The van der Waals surface area contributed by atoms with Gasteiger partial charge in [0.15, 0.2) is 0 Å². The summed E-state index contributed by atoms with van der Waals surface area (Å²) < 4.78 is 35.5. The molecule has 64 heavy (non-hydrogen) atoms. The molecule has 0 aliphatic rings. The number of carbonyl (C=O) groups is 1. The molecule has 10 nitrogen and oxygen atoms in total. The lowest BCUT2D eigenvalue weighted by Gasteiger charge is -2.24. The molecule has 0 radical (unpaired) electrons. The summed E-state index contributed by atoms with van der Waals surface area (Å²) in [6, 6.07) is 20.5. The number of hydrogen-bond donors (Lipinski definition) is 5. The van der Waals surface area contributed by atoms with Crippen molar-refractivity contribution in [2.45, 2.75) is 205 Å². The minimum atomic E-state index is -1.66. The normalized spacial score (nSPS) is 13.9. The summed E-state index contributed by atoms with van der Waals surface area (Å²) in [4.78, 5) is 13.1. The Morgan fingerprint density at radius 1 is 0.625 bits per heavy atom. The standard InChI is InChI=1S/C53H82FNO9/c1-3-4-5-6-7-8-9-10-11-12-16-19-22-25-50(58)49(41-61-40-44-29-35-48(36-30-44)63-53(60)64-51(39-56)42(2)57)55-52(59)26-23-20-17-14-13-15-18-21-24-43-27-33-46(34-28-43)62-47-37-31-45(54)32-38-47/h27-38,42,49-51,53,56-58,60H,3-26,39-41H2,1-2H3,(H,55,59)/t42?,49-,50?,51?,53?/m0/s1. The van der Waals surface area contributed by atoms with Gasteiger partial charge in [0.05, 0.1) is 38.1 Å². The number of halogens is 1. The van der Waals surface area contributed by atoms with Gasteiger partial charge in [-0.3, -0.25) is 4.79 Å². The van der Waals surface area contributed by atoms with Gasteiger partial charge in [0.25, 0.3) is 0 Å². The third-order valence-corrected chi connectivity index (χ3v) is 11.7. The van der Waals surface area contributed by atoms with Crippen molar-refractivity contribution in [1.82, 2.24) is 5.32 Å². The number of benzene rings is 3. The first-order valence-electron chi connectivity index (χ1n) is 24.6. The molecule has 0 saturated carbocycles. The van der Waals surface area contributed by atoms with Crippen molar-refractivity contribution in [3.63, 3.8) is 0 Å². The summed E-state index contributed by atoms with van der Waals surface area (Å²) in [7, 11) is 0. The number of amides is 1. The molecule has 0 saturated heterocycles. The van der Waals surface area contributed by atoms with Crippen molar-refractivity contribution in [3.05, 3.63) is 89.7 Å². The van der Waals surface area contributed by atoms with Gasteiger partial charge in [0, 0.05) is 6.42 Å². The van der Waals surface area contributed by atoms with E-state index in [1.54, 1.807) is 36.4 Å². The van der Waals surface area contributed by atoms with Crippen LogP contribution in [0.4, 0.5) is 4.39 Å². The minimum Gasteiger partial charge on any atom is -0.457 e. The quantitative estimate of drug-likeness (QED) is 0.0279. The first kappa shape index (κ1) is 54.8. The van der Waals surface area contributed by atoms with Crippen LogP contribution in [-0.2, 0) is 27.3 Å². The third-order valence-electron chi connectivity index (χ3n) is 11.7. The zero-order valence-corrected chi connectivity index (χ0v) is 39.1. The van der Waals surface area contributed by atoms with Gasteiger partial charge in [-0.25, -0.2) is 4.39 Å². The summed E-state index contributed by atoms with van der Waals surface area (Å²) in [5.74, 6) is 1.35. The topological polar surface area (TPSA) is 147 Å². The molecule has 3 aromatic carbocycles. The molecule has 0 spiro atoms. The smallest absolute Gasteiger partial charge is 0.313 e. The molecule has 0 fully saturated rings. The molecule has 0 aromatic heterocycles. The average Bonchev–Trinajstić information content (AvgIpc) is 3.29. The van der Waals surface area contributed by atoms with E-state index in [9.17, 15) is 29.6 Å². The van der Waals surface area contributed by atoms with Crippen LogP contribution in [0.2, 0.25) is 0 Å². The Morgan fingerprint density at radius 2 is 1.11 bits per heavy atom. The van der Waals surface area contributed by atoms with Crippen LogP contribution in [0, 0.1) is 5.82 Å². The average molecular weight is 896 g/mol. The Labute approximate surface area is 384 Å². The zero-order valence-electron chi connectivity index (χ0n) is 39.1. The molecular weight excluding hydrogens is 814 g/mol. The van der Waals surface area contributed by atoms with Gasteiger partial charge in [0.1, 0.15) is 29.2 Å². The van der Waals surface area contributed by atoms with Crippen LogP contribution >= 0.6 is 0 Å². The fourth-order valence-electron chi connectivity index (χ4n) is 7.71. The van der Waals surface area contributed by atoms with E-state index in [-0.39, 0.29) is 24.9 Å². The lowest BCUT2D eigenvalue weighted by Crippen LogP contribution is -2.46. The molecule has 1 amide bonds. The van der Waals surface area contributed by atoms with Crippen LogP contribution < -0.4 is 14.8 Å². The van der Waals surface area contributed by atoms with Crippen molar-refractivity contribution >= 4 is 5.91 Å². The molecule has 360 valence electrons. The van der Waals surface area contributed by atoms with Gasteiger partial charge in [-0.05, 0) is 92.3 Å². The molecule has 11 heteroatoms. The van der Waals surface area contributed by atoms with Crippen LogP contribution in [0.5, 0.6) is 17.2 Å². The molecule has 0 bridgehead atoms. The van der Waals surface area contributed by atoms with Crippen LogP contribution in [0.3, 0.4) is 0 Å². The van der Waals surface area contributed by atoms with Crippen LogP contribution in [0.1, 0.15) is 173 Å². The monoisotopic (exact) mass is 896 g/mol. The molecule has 0 aliphatic carbocycles. The van der Waals surface area contributed by atoms with Crippen LogP contribution in [-0.4, -0.2) is 70.4 Å². The van der Waals surface area contributed by atoms with Gasteiger partial charge < -0.3 is 44.7 Å². The Balaban J connectivity index is 1.32. The lowest BCUT2D eigenvalue weighted by atomic mass is 10.0. The molecule has 0 aliphatic heterocycles. The fourth-order valence-corrected chi connectivity index (χ4v) is 7.71. The predicted octanol–water partition coefficient (Wildman–Crippen LogP) is 11.6. The Bertz CT molecular complexity index is 1570. The molecular formula is C53H82FNO9. The highest BCUT2D eigenvalue weighted by atomic mass is 19.1. The number of aryl methyl sites for hydroxylation is 1. The number of unbranched alkanes of at least 4 members (excludes halogenated alkanes) is 19. The van der Waals surface area contributed by atoms with E-state index in [2.05, 4.69) is 24.4 Å². The molecule has 5 N–H and O–H groups in total. The molecule has 5 atom stereocenters. The van der Waals surface area contributed by atoms with E-state index >= 15 is 0 Å². The van der Waals surface area contributed by atoms with Crippen molar-refractivity contribution < 1.29 is 48.6 Å². The predicted molar refractivity (Wildman–Crippen MR) is 253 cm³/mol. The van der Waals surface area contributed by atoms with Crippen molar-refractivity contribution in [2.24, 2.45) is 0 Å². The summed E-state index contributed by atoms with van der Waals surface area (Å²) >= 11 is 0. The maximum absolute atomic E-state index is 13.1. The number of rotatable bonds is 39. The van der Waals surface area contributed by atoms with Gasteiger partial charge >= 0.3 is 6.48 Å². The molecule has 0 heterocycles. The molecule has 3 aromatic rings. The highest BCUT2D eigenvalue weighted by molar-refractivity contribution is 5.76. The number of ether oxygens (including phenoxy) is 4. The Hall–Kier alpha value is -3.58. The van der Waals surface area contributed by atoms with Gasteiger partial charge in [-0.15, -0.1) is 0 Å². The summed E-state index contributed by atoms with van der Waals surface area (Å²) in [6.45, 7) is 2.01. The second-order valence-corrected chi connectivity index (χ2v) is 17.5. The van der Waals surface area contributed by atoms with Crippen LogP contribution in [0.25, 0.3) is 0 Å². The maximum Gasteiger partial charge on any atom is 0.313 e. The first-order chi connectivity index (χ1) is 31.2. The summed E-state index contributed by atoms with van der Waals surface area (Å²) in [5.41, 5.74) is 2.12. The SMILES string of the molecule is CCCCCCCCCCCCCCCC(O)[C@H](COCc1ccc(OC(O)OC(CO)C(C)O)cc1)NC(=O)CCCCCCCCCCc1ccc(Oc2ccc(F)cc2)cc1.